The second-order valence-electron chi connectivity index (χ2n) is 5.90. The molecule has 0 aromatic heterocycles. The second kappa shape index (κ2) is 13.9. The summed E-state index contributed by atoms with van der Waals surface area (Å²) in [5.41, 5.74) is 1.19. The zero-order valence-electron chi connectivity index (χ0n) is 13.9. The van der Waals surface area contributed by atoms with E-state index in [9.17, 15) is 0 Å². The van der Waals surface area contributed by atoms with Crippen molar-refractivity contribution in [3.8, 4) is 0 Å². The molecule has 2 N–H and O–H groups in total. The maximum Gasteiger partial charge on any atom is 0.0653 e. The molecule has 2 heteroatoms. The Morgan fingerprint density at radius 1 is 0.714 bits per heavy atom. The van der Waals surface area contributed by atoms with E-state index in [4.69, 9.17) is 0 Å². The molecule has 0 aliphatic carbocycles. The summed E-state index contributed by atoms with van der Waals surface area (Å²) in [7, 11) is 0. The van der Waals surface area contributed by atoms with E-state index in [0.29, 0.717) is 0 Å². The van der Waals surface area contributed by atoms with E-state index >= 15 is 0 Å². The zero-order chi connectivity index (χ0) is 15.0. The molecule has 0 fully saturated rings. The van der Waals surface area contributed by atoms with Crippen LogP contribution in [0.4, 0.5) is 5.69 Å². The van der Waals surface area contributed by atoms with Gasteiger partial charge in [-0.2, -0.15) is 0 Å². The Hall–Kier alpha value is -1.02. The van der Waals surface area contributed by atoms with Crippen LogP contribution in [0.5, 0.6) is 0 Å². The van der Waals surface area contributed by atoms with Crippen molar-refractivity contribution in [2.24, 2.45) is 0 Å². The highest BCUT2D eigenvalue weighted by atomic mass is 15.1. The molecule has 0 amide bonds. The molecule has 0 aliphatic rings. The Morgan fingerprint density at radius 3 is 1.90 bits per heavy atom. The lowest BCUT2D eigenvalue weighted by atomic mass is 10.1. The van der Waals surface area contributed by atoms with Crippen molar-refractivity contribution in [1.29, 1.82) is 0 Å². The molecule has 1 aromatic rings. The van der Waals surface area contributed by atoms with E-state index < -0.39 is 0 Å². The minimum absolute atomic E-state index is 0.863. The van der Waals surface area contributed by atoms with Gasteiger partial charge < -0.3 is 10.6 Å². The molecule has 0 saturated carbocycles. The van der Waals surface area contributed by atoms with Gasteiger partial charge in [-0.05, 0) is 25.1 Å². The van der Waals surface area contributed by atoms with Crippen molar-refractivity contribution in [2.75, 3.05) is 18.5 Å². The Labute approximate surface area is 131 Å². The molecule has 1 rings (SSSR count). The first-order valence-corrected chi connectivity index (χ1v) is 8.93. The third-order valence-electron chi connectivity index (χ3n) is 3.90. The van der Waals surface area contributed by atoms with Crippen LogP contribution in [-0.2, 0) is 0 Å². The van der Waals surface area contributed by atoms with Gasteiger partial charge in [0.2, 0.25) is 0 Å². The van der Waals surface area contributed by atoms with Gasteiger partial charge in [-0.15, -0.1) is 0 Å². The molecule has 0 heterocycles. The van der Waals surface area contributed by atoms with Gasteiger partial charge in [0.25, 0.3) is 0 Å². The third kappa shape index (κ3) is 11.3. The van der Waals surface area contributed by atoms with Crippen LogP contribution in [0.15, 0.2) is 30.3 Å². The van der Waals surface area contributed by atoms with Crippen molar-refractivity contribution in [3.63, 3.8) is 0 Å². The molecular weight excluding hydrogens is 256 g/mol. The van der Waals surface area contributed by atoms with Gasteiger partial charge in [-0.1, -0.05) is 82.9 Å². The molecule has 1 aromatic carbocycles. The van der Waals surface area contributed by atoms with Crippen molar-refractivity contribution in [3.05, 3.63) is 30.3 Å². The maximum atomic E-state index is 3.45. The number of hydrogen-bond donors (Lipinski definition) is 2. The monoisotopic (exact) mass is 290 g/mol. The predicted molar refractivity (Wildman–Crippen MR) is 94.8 cm³/mol. The first kappa shape index (κ1) is 18.0. The Kier molecular flexibility index (Phi) is 12.0. The SMILES string of the molecule is CCCCCCCCCCCCNCNc1ccccc1. The third-order valence-corrected chi connectivity index (χ3v) is 3.90. The zero-order valence-corrected chi connectivity index (χ0v) is 13.9. The Balaban J connectivity index is 1.75. The van der Waals surface area contributed by atoms with E-state index in [1.165, 1.54) is 69.9 Å². The fraction of sp³-hybridized carbons (Fsp3) is 0.684. The number of rotatable bonds is 14. The summed E-state index contributed by atoms with van der Waals surface area (Å²) in [5.74, 6) is 0. The summed E-state index contributed by atoms with van der Waals surface area (Å²) in [6, 6.07) is 10.4. The van der Waals surface area contributed by atoms with Crippen molar-refractivity contribution < 1.29 is 0 Å². The van der Waals surface area contributed by atoms with E-state index in [-0.39, 0.29) is 0 Å². The number of unbranched alkanes of at least 4 members (excludes halogenated alkanes) is 9. The molecule has 0 spiro atoms. The van der Waals surface area contributed by atoms with Crippen LogP contribution in [0.3, 0.4) is 0 Å². The van der Waals surface area contributed by atoms with Gasteiger partial charge in [-0.3, -0.25) is 0 Å². The summed E-state index contributed by atoms with van der Waals surface area (Å²) in [6.07, 6.45) is 14.0. The summed E-state index contributed by atoms with van der Waals surface area (Å²) in [6.45, 7) is 4.27. The quantitative estimate of drug-likeness (QED) is 0.346. The summed E-state index contributed by atoms with van der Waals surface area (Å²) in [5, 5.41) is 6.82. The van der Waals surface area contributed by atoms with Crippen LogP contribution in [-0.4, -0.2) is 13.2 Å². The molecule has 0 unspecified atom stereocenters. The summed E-state index contributed by atoms with van der Waals surface area (Å²) in [4.78, 5) is 0. The fourth-order valence-corrected chi connectivity index (χ4v) is 2.55. The van der Waals surface area contributed by atoms with Crippen LogP contribution < -0.4 is 10.6 Å². The highest BCUT2D eigenvalue weighted by Gasteiger charge is 1.93. The van der Waals surface area contributed by atoms with Crippen LogP contribution in [0.25, 0.3) is 0 Å². The van der Waals surface area contributed by atoms with Gasteiger partial charge in [0.1, 0.15) is 0 Å². The van der Waals surface area contributed by atoms with Gasteiger partial charge in [0.15, 0.2) is 0 Å². The van der Waals surface area contributed by atoms with Crippen LogP contribution in [0, 0.1) is 0 Å². The molecule has 0 radical (unpaired) electrons. The van der Waals surface area contributed by atoms with Gasteiger partial charge in [0, 0.05) is 5.69 Å². The number of anilines is 1. The molecule has 2 nitrogen and oxygen atoms in total. The first-order valence-electron chi connectivity index (χ1n) is 8.93. The highest BCUT2D eigenvalue weighted by molar-refractivity contribution is 5.42. The van der Waals surface area contributed by atoms with E-state index in [1.54, 1.807) is 0 Å². The van der Waals surface area contributed by atoms with Crippen LogP contribution in [0.1, 0.15) is 71.1 Å². The normalized spacial score (nSPS) is 10.7. The van der Waals surface area contributed by atoms with E-state index in [1.807, 2.05) is 6.07 Å². The van der Waals surface area contributed by atoms with Crippen molar-refractivity contribution in [2.45, 2.75) is 71.1 Å². The molecular formula is C19H34N2. The number of benzene rings is 1. The topological polar surface area (TPSA) is 24.1 Å². The van der Waals surface area contributed by atoms with Gasteiger partial charge in [0.05, 0.1) is 6.67 Å². The standard InChI is InChI=1S/C19H34N2/c1-2-3-4-5-6-7-8-9-10-14-17-20-18-21-19-15-12-11-13-16-19/h11-13,15-16,20-21H,2-10,14,17-18H2,1H3. The van der Waals surface area contributed by atoms with Gasteiger partial charge in [-0.25, -0.2) is 0 Å². The lowest BCUT2D eigenvalue weighted by molar-refractivity contribution is 0.547. The fourth-order valence-electron chi connectivity index (χ4n) is 2.55. The predicted octanol–water partition coefficient (Wildman–Crippen LogP) is 5.57. The van der Waals surface area contributed by atoms with Crippen LogP contribution >= 0.6 is 0 Å². The smallest absolute Gasteiger partial charge is 0.0653 e. The van der Waals surface area contributed by atoms with Crippen molar-refractivity contribution >= 4 is 5.69 Å². The van der Waals surface area contributed by atoms with E-state index in [2.05, 4.69) is 41.8 Å². The molecule has 120 valence electrons. The highest BCUT2D eigenvalue weighted by Crippen LogP contribution is 2.10. The van der Waals surface area contributed by atoms with Crippen molar-refractivity contribution in [1.82, 2.24) is 5.32 Å². The Morgan fingerprint density at radius 2 is 1.29 bits per heavy atom. The molecule has 0 aliphatic heterocycles. The van der Waals surface area contributed by atoms with Gasteiger partial charge >= 0.3 is 0 Å². The average molecular weight is 290 g/mol. The molecule has 0 atom stereocenters. The number of hydrogen-bond acceptors (Lipinski definition) is 2. The average Bonchev–Trinajstić information content (AvgIpc) is 2.53. The second-order valence-corrected chi connectivity index (χ2v) is 5.90. The first-order chi connectivity index (χ1) is 10.4. The minimum atomic E-state index is 0.863. The summed E-state index contributed by atoms with van der Waals surface area (Å²) >= 11 is 0. The minimum Gasteiger partial charge on any atom is -0.372 e. The largest absolute Gasteiger partial charge is 0.372 e. The lowest BCUT2D eigenvalue weighted by Crippen LogP contribution is -2.22. The summed E-state index contributed by atoms with van der Waals surface area (Å²) < 4.78 is 0. The number of para-hydroxylation sites is 1. The molecule has 0 saturated heterocycles. The molecule has 0 bridgehead atoms. The Bertz CT molecular complexity index is 311. The molecule has 21 heavy (non-hydrogen) atoms. The maximum absolute atomic E-state index is 3.45. The lowest BCUT2D eigenvalue weighted by Gasteiger charge is -2.08. The van der Waals surface area contributed by atoms with E-state index in [0.717, 1.165) is 13.2 Å². The number of nitrogens with one attached hydrogen (secondary N) is 2. The van der Waals surface area contributed by atoms with Crippen LogP contribution in [0.2, 0.25) is 0 Å².